The number of pyridine rings is 1. The number of rotatable bonds is 3. The molecule has 0 unspecified atom stereocenters. The van der Waals surface area contributed by atoms with Gasteiger partial charge in [-0.1, -0.05) is 46.7 Å². The standard InChI is InChI=1S/C21H19BrN4S/c1-14-13-26-20(19(24-21(26)27-14)17-8-2-3-10-23-17)18-9-5-11-25(18)16-7-4-6-15(22)12-16/h2-12,14,19-20H,13H2,1H3/t14-,19+,20+/m1/s1. The molecule has 5 rings (SSSR count). The predicted molar refractivity (Wildman–Crippen MR) is 114 cm³/mol. The van der Waals surface area contributed by atoms with Gasteiger partial charge in [-0.25, -0.2) is 0 Å². The lowest BCUT2D eigenvalue weighted by molar-refractivity contribution is 0.312. The quantitative estimate of drug-likeness (QED) is 0.561. The maximum absolute atomic E-state index is 5.08. The van der Waals surface area contributed by atoms with E-state index in [4.69, 9.17) is 4.99 Å². The van der Waals surface area contributed by atoms with Gasteiger partial charge in [-0.3, -0.25) is 9.98 Å². The smallest absolute Gasteiger partial charge is 0.160 e. The second-order valence-corrected chi connectivity index (χ2v) is 9.24. The van der Waals surface area contributed by atoms with Crippen molar-refractivity contribution in [3.8, 4) is 5.69 Å². The maximum Gasteiger partial charge on any atom is 0.160 e. The molecule has 0 spiro atoms. The minimum absolute atomic E-state index is 0.0157. The van der Waals surface area contributed by atoms with Crippen LogP contribution in [0.1, 0.15) is 30.4 Å². The molecule has 0 radical (unpaired) electrons. The normalized spacial score (nSPS) is 24.1. The van der Waals surface area contributed by atoms with Crippen molar-refractivity contribution < 1.29 is 0 Å². The van der Waals surface area contributed by atoms with Crippen LogP contribution in [-0.2, 0) is 0 Å². The first-order valence-electron chi connectivity index (χ1n) is 9.06. The van der Waals surface area contributed by atoms with Crippen molar-refractivity contribution in [1.29, 1.82) is 0 Å². The Bertz CT molecular complexity index is 1000. The van der Waals surface area contributed by atoms with Crippen LogP contribution in [0.25, 0.3) is 5.69 Å². The number of aliphatic imine (C=N–C) groups is 1. The molecule has 1 fully saturated rings. The molecule has 27 heavy (non-hydrogen) atoms. The van der Waals surface area contributed by atoms with E-state index in [9.17, 15) is 0 Å². The van der Waals surface area contributed by atoms with E-state index in [0.717, 1.165) is 27.6 Å². The Balaban J connectivity index is 1.62. The van der Waals surface area contributed by atoms with Crippen LogP contribution in [0.5, 0.6) is 0 Å². The first-order valence-corrected chi connectivity index (χ1v) is 10.7. The van der Waals surface area contributed by atoms with Gasteiger partial charge in [0.2, 0.25) is 0 Å². The zero-order valence-electron chi connectivity index (χ0n) is 14.9. The van der Waals surface area contributed by atoms with Gasteiger partial charge in [0, 0.05) is 40.0 Å². The fraction of sp³-hybridized carbons (Fsp3) is 0.238. The van der Waals surface area contributed by atoms with Gasteiger partial charge in [-0.05, 0) is 42.5 Å². The second kappa shape index (κ2) is 6.84. The van der Waals surface area contributed by atoms with Crippen molar-refractivity contribution in [3.05, 3.63) is 82.9 Å². The molecule has 136 valence electrons. The van der Waals surface area contributed by atoms with E-state index < -0.39 is 0 Å². The highest BCUT2D eigenvalue weighted by Crippen LogP contribution is 2.47. The van der Waals surface area contributed by atoms with Crippen molar-refractivity contribution in [2.45, 2.75) is 24.3 Å². The monoisotopic (exact) mass is 438 g/mol. The summed E-state index contributed by atoms with van der Waals surface area (Å²) in [7, 11) is 0. The number of halogens is 1. The fourth-order valence-corrected chi connectivity index (χ4v) is 5.41. The molecule has 1 saturated heterocycles. The molecular formula is C21H19BrN4S. The SMILES string of the molecule is C[C@@H]1CN2C(=N[C@@H](c3ccccn3)[C@@H]2c2cccn2-c2cccc(Br)c2)S1. The van der Waals surface area contributed by atoms with E-state index in [1.165, 1.54) is 5.69 Å². The van der Waals surface area contributed by atoms with Crippen molar-refractivity contribution in [2.24, 2.45) is 4.99 Å². The number of nitrogens with zero attached hydrogens (tertiary/aromatic N) is 4. The summed E-state index contributed by atoms with van der Waals surface area (Å²) in [6.45, 7) is 3.28. The highest BCUT2D eigenvalue weighted by Gasteiger charge is 2.44. The Morgan fingerprint density at radius 1 is 1.11 bits per heavy atom. The third-order valence-corrected chi connectivity index (χ3v) is 6.65. The summed E-state index contributed by atoms with van der Waals surface area (Å²) in [5.41, 5.74) is 3.43. The molecule has 2 aliphatic rings. The summed E-state index contributed by atoms with van der Waals surface area (Å²) in [4.78, 5) is 12.2. The lowest BCUT2D eigenvalue weighted by Crippen LogP contribution is -2.30. The molecule has 0 saturated carbocycles. The van der Waals surface area contributed by atoms with E-state index in [0.29, 0.717) is 5.25 Å². The topological polar surface area (TPSA) is 33.4 Å². The van der Waals surface area contributed by atoms with Crippen LogP contribution >= 0.6 is 27.7 Å². The average Bonchev–Trinajstić information content (AvgIpc) is 3.36. The van der Waals surface area contributed by atoms with Crippen LogP contribution in [0.15, 0.2) is 76.5 Å². The predicted octanol–water partition coefficient (Wildman–Crippen LogP) is 5.22. The molecule has 0 bridgehead atoms. The third-order valence-electron chi connectivity index (χ3n) is 5.05. The van der Waals surface area contributed by atoms with E-state index in [2.05, 4.69) is 86.0 Å². The molecule has 4 nitrogen and oxygen atoms in total. The average molecular weight is 439 g/mol. The first-order chi connectivity index (χ1) is 13.2. The Labute approximate surface area is 171 Å². The molecule has 2 aromatic heterocycles. The highest BCUT2D eigenvalue weighted by atomic mass is 79.9. The van der Waals surface area contributed by atoms with E-state index in [-0.39, 0.29) is 12.1 Å². The maximum atomic E-state index is 5.08. The van der Waals surface area contributed by atoms with E-state index in [1.807, 2.05) is 30.1 Å². The second-order valence-electron chi connectivity index (χ2n) is 6.92. The van der Waals surface area contributed by atoms with Gasteiger partial charge >= 0.3 is 0 Å². The van der Waals surface area contributed by atoms with E-state index in [1.54, 1.807) is 0 Å². The van der Waals surface area contributed by atoms with Crippen LogP contribution in [0.3, 0.4) is 0 Å². The van der Waals surface area contributed by atoms with Gasteiger partial charge in [0.25, 0.3) is 0 Å². The summed E-state index contributed by atoms with van der Waals surface area (Å²) >= 11 is 5.47. The molecule has 6 heteroatoms. The lowest BCUT2D eigenvalue weighted by atomic mass is 10.0. The highest BCUT2D eigenvalue weighted by molar-refractivity contribution is 9.10. The number of hydrogen-bond donors (Lipinski definition) is 0. The molecular weight excluding hydrogens is 420 g/mol. The summed E-state index contributed by atoms with van der Waals surface area (Å²) in [6, 6.07) is 19.0. The molecule has 3 atom stereocenters. The van der Waals surface area contributed by atoms with Crippen molar-refractivity contribution in [3.63, 3.8) is 0 Å². The molecule has 0 aliphatic carbocycles. The minimum Gasteiger partial charge on any atom is -0.339 e. The van der Waals surface area contributed by atoms with Gasteiger partial charge in [0.15, 0.2) is 5.17 Å². The van der Waals surface area contributed by atoms with Gasteiger partial charge in [-0.2, -0.15) is 0 Å². The van der Waals surface area contributed by atoms with Gasteiger partial charge < -0.3 is 9.47 Å². The minimum atomic E-state index is 0.0157. The lowest BCUT2D eigenvalue weighted by Gasteiger charge is -2.28. The Kier molecular flexibility index (Phi) is 4.32. The van der Waals surface area contributed by atoms with Crippen LogP contribution in [0.2, 0.25) is 0 Å². The summed E-state index contributed by atoms with van der Waals surface area (Å²) in [6.07, 6.45) is 4.00. The summed E-state index contributed by atoms with van der Waals surface area (Å²) in [5, 5.41) is 1.70. The third kappa shape index (κ3) is 3.01. The summed E-state index contributed by atoms with van der Waals surface area (Å²) in [5.74, 6) is 0. The number of hydrogen-bond acceptors (Lipinski definition) is 4. The number of thioether (sulfide) groups is 1. The van der Waals surface area contributed by atoms with Crippen LogP contribution in [-0.4, -0.2) is 31.4 Å². The van der Waals surface area contributed by atoms with Crippen LogP contribution < -0.4 is 0 Å². The van der Waals surface area contributed by atoms with E-state index >= 15 is 0 Å². The van der Waals surface area contributed by atoms with Crippen LogP contribution in [0, 0.1) is 0 Å². The summed E-state index contributed by atoms with van der Waals surface area (Å²) < 4.78 is 3.35. The largest absolute Gasteiger partial charge is 0.339 e. The molecule has 0 N–H and O–H groups in total. The Morgan fingerprint density at radius 2 is 2.04 bits per heavy atom. The molecule has 0 amide bonds. The molecule has 1 aromatic carbocycles. The number of amidine groups is 1. The first kappa shape index (κ1) is 17.1. The number of fused-ring (bicyclic) bond motifs is 1. The van der Waals surface area contributed by atoms with Crippen molar-refractivity contribution in [1.82, 2.24) is 14.5 Å². The Hall–Kier alpha value is -2.05. The molecule has 4 heterocycles. The van der Waals surface area contributed by atoms with Gasteiger partial charge in [0.1, 0.15) is 6.04 Å². The molecule has 2 aliphatic heterocycles. The molecule has 3 aromatic rings. The van der Waals surface area contributed by atoms with Gasteiger partial charge in [0.05, 0.1) is 11.7 Å². The van der Waals surface area contributed by atoms with Crippen molar-refractivity contribution >= 4 is 32.9 Å². The number of benzene rings is 1. The fourth-order valence-electron chi connectivity index (χ4n) is 3.93. The van der Waals surface area contributed by atoms with Crippen molar-refractivity contribution in [2.75, 3.05) is 6.54 Å². The zero-order chi connectivity index (χ0) is 18.4. The van der Waals surface area contributed by atoms with Gasteiger partial charge in [-0.15, -0.1) is 0 Å². The van der Waals surface area contributed by atoms with Crippen LogP contribution in [0.4, 0.5) is 0 Å². The Morgan fingerprint density at radius 3 is 2.85 bits per heavy atom. The number of aromatic nitrogens is 2. The zero-order valence-corrected chi connectivity index (χ0v) is 17.3.